The maximum atomic E-state index is 13.4. The van der Waals surface area contributed by atoms with Crippen LogP contribution in [0.25, 0.3) is 0 Å². The van der Waals surface area contributed by atoms with E-state index in [9.17, 15) is 24.6 Å². The van der Waals surface area contributed by atoms with Crippen molar-refractivity contribution in [3.05, 3.63) is 35.8 Å². The van der Waals surface area contributed by atoms with Gasteiger partial charge in [0.1, 0.15) is 29.5 Å². The van der Waals surface area contributed by atoms with Gasteiger partial charge in [0.15, 0.2) is 0 Å². The molecule has 0 aromatic carbocycles. The van der Waals surface area contributed by atoms with Crippen molar-refractivity contribution < 1.29 is 52.7 Å². The van der Waals surface area contributed by atoms with Gasteiger partial charge in [-0.05, 0) is 57.6 Å². The van der Waals surface area contributed by atoms with Crippen LogP contribution in [-0.4, -0.2) is 82.6 Å². The Balaban J connectivity index is 1.43. The number of aliphatic hydroxyl groups is 2. The smallest absolute Gasteiger partial charge is 0.333 e. The largest absolute Gasteiger partial charge is 0.472 e. The minimum atomic E-state index is -1.63. The first-order chi connectivity index (χ1) is 21.6. The quantitative estimate of drug-likeness (QED) is 0.275. The molecule has 0 unspecified atom stereocenters. The number of carbonyl (C=O) groups is 3. The Bertz CT molecular complexity index is 1470. The first-order valence-corrected chi connectivity index (χ1v) is 16.5. The molecule has 11 heteroatoms. The SMILES string of the molecule is CC=C(C)C(=O)O[C@H]1C[C@@H](c2ccoc2)[C@](C)(O)[C@]12O[C@@H]1C[C@@H]3[C@@]4(C)[C@@H](OC(C)=O)C[C@@H](OC(C)=O)[C@@]5(C)CO[C@@H]([C@@H](O)[C@]32C1)[C@@H]54. The van der Waals surface area contributed by atoms with Crippen LogP contribution in [0.4, 0.5) is 0 Å². The number of fused-ring (bicyclic) bond motifs is 2. The van der Waals surface area contributed by atoms with Crippen LogP contribution < -0.4 is 0 Å². The molecule has 6 aliphatic rings. The second kappa shape index (κ2) is 10.1. The van der Waals surface area contributed by atoms with Crippen molar-refractivity contribution in [2.75, 3.05) is 6.61 Å². The zero-order valence-corrected chi connectivity index (χ0v) is 27.6. The normalized spacial score (nSPS) is 50.3. The maximum Gasteiger partial charge on any atom is 0.333 e. The maximum absolute atomic E-state index is 13.4. The van der Waals surface area contributed by atoms with E-state index in [0.29, 0.717) is 18.4 Å². The number of esters is 3. The van der Waals surface area contributed by atoms with Crippen molar-refractivity contribution in [2.45, 2.75) is 128 Å². The topological polar surface area (TPSA) is 151 Å². The molecule has 46 heavy (non-hydrogen) atoms. The van der Waals surface area contributed by atoms with Gasteiger partial charge >= 0.3 is 17.9 Å². The average Bonchev–Trinajstić information content (AvgIpc) is 3.80. The van der Waals surface area contributed by atoms with Crippen LogP contribution in [0.5, 0.6) is 0 Å². The lowest BCUT2D eigenvalue weighted by molar-refractivity contribution is -0.337. The zero-order chi connectivity index (χ0) is 33.2. The highest BCUT2D eigenvalue weighted by Crippen LogP contribution is 2.80. The molecule has 4 aliphatic carbocycles. The van der Waals surface area contributed by atoms with Crippen LogP contribution in [0.15, 0.2) is 34.7 Å². The lowest BCUT2D eigenvalue weighted by Gasteiger charge is -2.69. The highest BCUT2D eigenvalue weighted by atomic mass is 16.6. The van der Waals surface area contributed by atoms with Crippen molar-refractivity contribution >= 4 is 17.9 Å². The van der Waals surface area contributed by atoms with Crippen molar-refractivity contribution in [1.29, 1.82) is 0 Å². The number of aliphatic hydroxyl groups excluding tert-OH is 1. The monoisotopic (exact) mass is 642 g/mol. The van der Waals surface area contributed by atoms with E-state index in [2.05, 4.69) is 6.92 Å². The van der Waals surface area contributed by atoms with Crippen molar-refractivity contribution in [1.82, 2.24) is 0 Å². The lowest BCUT2D eigenvalue weighted by Crippen LogP contribution is -2.79. The van der Waals surface area contributed by atoms with Crippen molar-refractivity contribution in [3.8, 4) is 0 Å². The van der Waals surface area contributed by atoms with Gasteiger partial charge in [-0.15, -0.1) is 0 Å². The highest BCUT2D eigenvalue weighted by molar-refractivity contribution is 5.87. The Kier molecular flexibility index (Phi) is 7.02. The third kappa shape index (κ3) is 3.71. The number of hydrogen-bond donors (Lipinski definition) is 2. The number of allylic oxidation sites excluding steroid dienone is 1. The summed E-state index contributed by atoms with van der Waals surface area (Å²) in [6.45, 7) is 12.3. The van der Waals surface area contributed by atoms with Crippen LogP contribution in [0.2, 0.25) is 0 Å². The summed E-state index contributed by atoms with van der Waals surface area (Å²) in [5, 5.41) is 25.7. The summed E-state index contributed by atoms with van der Waals surface area (Å²) in [6, 6.07) is 1.80. The number of furan rings is 1. The molecule has 14 atom stereocenters. The van der Waals surface area contributed by atoms with Gasteiger partial charge in [0.05, 0.1) is 37.4 Å². The third-order valence-electron chi connectivity index (χ3n) is 13.4. The predicted molar refractivity (Wildman–Crippen MR) is 160 cm³/mol. The highest BCUT2D eigenvalue weighted by Gasteiger charge is 2.89. The van der Waals surface area contributed by atoms with Gasteiger partial charge in [-0.25, -0.2) is 4.79 Å². The molecule has 2 saturated heterocycles. The second-order valence-electron chi connectivity index (χ2n) is 15.4. The molecule has 0 amide bonds. The molecule has 1 aromatic heterocycles. The summed E-state index contributed by atoms with van der Waals surface area (Å²) in [5.41, 5.74) is -4.61. The van der Waals surface area contributed by atoms with Crippen LogP contribution in [0.3, 0.4) is 0 Å². The Hall–Kier alpha value is -2.73. The van der Waals surface area contributed by atoms with Gasteiger partial charge in [0.2, 0.25) is 0 Å². The van der Waals surface area contributed by atoms with Gasteiger partial charge in [-0.1, -0.05) is 19.9 Å². The first kappa shape index (κ1) is 31.8. The molecule has 2 spiro atoms. The van der Waals surface area contributed by atoms with E-state index in [0.717, 1.165) is 5.56 Å². The van der Waals surface area contributed by atoms with E-state index in [-0.39, 0.29) is 37.4 Å². The summed E-state index contributed by atoms with van der Waals surface area (Å²) in [7, 11) is 0. The molecule has 2 aliphatic heterocycles. The molecule has 4 saturated carbocycles. The van der Waals surface area contributed by atoms with E-state index < -0.39 is 81.8 Å². The van der Waals surface area contributed by atoms with Gasteiger partial charge in [0, 0.05) is 53.9 Å². The molecule has 2 bridgehead atoms. The molecule has 252 valence electrons. The van der Waals surface area contributed by atoms with Gasteiger partial charge in [0.25, 0.3) is 0 Å². The third-order valence-corrected chi connectivity index (χ3v) is 13.4. The molecule has 2 N–H and O–H groups in total. The van der Waals surface area contributed by atoms with Gasteiger partial charge < -0.3 is 38.3 Å². The number of rotatable bonds is 5. The predicted octanol–water partition coefficient (Wildman–Crippen LogP) is 3.60. The van der Waals surface area contributed by atoms with E-state index in [1.807, 2.05) is 6.92 Å². The van der Waals surface area contributed by atoms with Crippen LogP contribution in [0, 0.1) is 28.1 Å². The molecule has 3 heterocycles. The number of hydrogen-bond acceptors (Lipinski definition) is 11. The average molecular weight is 643 g/mol. The summed E-state index contributed by atoms with van der Waals surface area (Å²) < 4.78 is 37.3. The molecule has 0 radical (unpaired) electrons. The standard InChI is InChI=1S/C35H46O11/c1-8-17(2)30(39)45-26-12-22(20-9-10-41-15-20)33(7,40)35(26)34-14-21(46-35)11-23(34)32(6)25(44-19(4)37)13-24(43-18(3)36)31(5)16-42-27(28(31)32)29(34)38/h8-10,15,21-29,38,40H,11-14,16H2,1-7H3/t21-,22+,23-,24-,25+,26+,27-,28+,29-,31-,32+,33+,34+,35-/m1/s1. The Morgan fingerprint density at radius 1 is 0.978 bits per heavy atom. The molecule has 6 fully saturated rings. The summed E-state index contributed by atoms with van der Waals surface area (Å²) in [6.07, 6.45) is 1.81. The lowest BCUT2D eigenvalue weighted by atomic mass is 9.38. The van der Waals surface area contributed by atoms with Crippen molar-refractivity contribution in [2.24, 2.45) is 28.1 Å². The second-order valence-corrected chi connectivity index (χ2v) is 15.4. The molecule has 7 rings (SSSR count). The fourth-order valence-electron chi connectivity index (χ4n) is 11.7. The van der Waals surface area contributed by atoms with E-state index in [4.69, 9.17) is 28.1 Å². The Labute approximate surface area is 268 Å². The first-order valence-electron chi connectivity index (χ1n) is 16.5. The Morgan fingerprint density at radius 2 is 1.67 bits per heavy atom. The van der Waals surface area contributed by atoms with Crippen LogP contribution >= 0.6 is 0 Å². The molecule has 11 nitrogen and oxygen atoms in total. The number of ether oxygens (including phenoxy) is 5. The molecular formula is C35H46O11. The minimum Gasteiger partial charge on any atom is -0.472 e. The molecule has 1 aromatic rings. The zero-order valence-electron chi connectivity index (χ0n) is 27.6. The van der Waals surface area contributed by atoms with E-state index >= 15 is 0 Å². The Morgan fingerprint density at radius 3 is 2.30 bits per heavy atom. The summed E-state index contributed by atoms with van der Waals surface area (Å²) >= 11 is 0. The fourth-order valence-corrected chi connectivity index (χ4v) is 11.7. The van der Waals surface area contributed by atoms with Gasteiger partial charge in [-0.2, -0.15) is 0 Å². The van der Waals surface area contributed by atoms with Gasteiger partial charge in [-0.3, -0.25) is 9.59 Å². The van der Waals surface area contributed by atoms with Crippen molar-refractivity contribution in [3.63, 3.8) is 0 Å². The fraction of sp³-hybridized carbons (Fsp3) is 0.743. The van der Waals surface area contributed by atoms with E-state index in [1.165, 1.54) is 13.8 Å². The summed E-state index contributed by atoms with van der Waals surface area (Å²) in [5.74, 6) is -2.64. The number of carbonyl (C=O) groups excluding carboxylic acids is 3. The van der Waals surface area contributed by atoms with Crippen LogP contribution in [0.1, 0.15) is 85.6 Å². The molecular weight excluding hydrogens is 596 g/mol. The van der Waals surface area contributed by atoms with E-state index in [1.54, 1.807) is 45.4 Å². The van der Waals surface area contributed by atoms with Crippen LogP contribution in [-0.2, 0) is 38.1 Å². The minimum absolute atomic E-state index is 0.229. The summed E-state index contributed by atoms with van der Waals surface area (Å²) in [4.78, 5) is 38.4.